The van der Waals surface area contributed by atoms with Crippen LogP contribution in [-0.2, 0) is 9.84 Å². The van der Waals surface area contributed by atoms with E-state index in [0.29, 0.717) is 32.0 Å². The first-order chi connectivity index (χ1) is 13.1. The molecule has 0 aliphatic carbocycles. The molecular formula is C20H31N3O3S2. The fourth-order valence-electron chi connectivity index (χ4n) is 2.64. The number of aliphatic hydroxyl groups excluding tert-OH is 1. The average molecular weight is 426 g/mol. The Bertz CT molecular complexity index is 871. The molecule has 0 bridgehead atoms. The van der Waals surface area contributed by atoms with E-state index in [4.69, 9.17) is 0 Å². The number of thiophene rings is 1. The molecule has 8 heteroatoms. The molecular weight excluding hydrogens is 394 g/mol. The lowest BCUT2D eigenvalue weighted by molar-refractivity contribution is 0.184. The van der Waals surface area contributed by atoms with Crippen molar-refractivity contribution in [1.29, 1.82) is 0 Å². The summed E-state index contributed by atoms with van der Waals surface area (Å²) in [6, 6.07) is 10.1. The third-order valence-corrected chi connectivity index (χ3v) is 6.56. The van der Waals surface area contributed by atoms with E-state index >= 15 is 0 Å². The van der Waals surface area contributed by atoms with Gasteiger partial charge in [-0.25, -0.2) is 8.42 Å². The van der Waals surface area contributed by atoms with Crippen molar-refractivity contribution in [3.63, 3.8) is 0 Å². The number of aliphatic hydroxyl groups is 1. The van der Waals surface area contributed by atoms with Crippen LogP contribution in [0, 0.1) is 5.41 Å². The lowest BCUT2D eigenvalue weighted by Gasteiger charge is -2.23. The fourth-order valence-corrected chi connectivity index (χ4v) is 4.61. The van der Waals surface area contributed by atoms with Gasteiger partial charge in [-0.15, -0.1) is 11.3 Å². The first-order valence-electron chi connectivity index (χ1n) is 9.46. The van der Waals surface area contributed by atoms with E-state index in [0.717, 1.165) is 15.0 Å². The zero-order valence-electron chi connectivity index (χ0n) is 17.0. The first-order valence-corrected chi connectivity index (χ1v) is 12.3. The molecule has 0 radical (unpaired) electrons. The number of nitrogens with one attached hydrogen (secondary N) is 2. The molecule has 1 atom stereocenters. The molecule has 0 saturated heterocycles. The van der Waals surface area contributed by atoms with Gasteiger partial charge in [0.05, 0.1) is 5.75 Å². The lowest BCUT2D eigenvalue weighted by Crippen LogP contribution is -2.40. The van der Waals surface area contributed by atoms with Gasteiger partial charge in [-0.3, -0.25) is 4.99 Å². The number of benzene rings is 1. The Hall–Kier alpha value is -1.64. The second-order valence-corrected chi connectivity index (χ2v) is 11.2. The van der Waals surface area contributed by atoms with Crippen LogP contribution in [0.25, 0.3) is 10.1 Å². The standard InChI is InChI=1S/C20H31N3O3S2/c1-5-21-19(23-14-20(2,3)10-11-28(4,25)26)22-13-16(24)18-12-15-8-6-7-9-17(15)27-18/h6-9,12,16,24H,5,10-11,13-14H2,1-4H3,(H2,21,22,23). The summed E-state index contributed by atoms with van der Waals surface area (Å²) in [5.74, 6) is 0.777. The molecule has 0 aliphatic rings. The molecule has 28 heavy (non-hydrogen) atoms. The molecule has 2 rings (SSSR count). The van der Waals surface area contributed by atoms with Crippen LogP contribution in [0.3, 0.4) is 0 Å². The van der Waals surface area contributed by atoms with Crippen molar-refractivity contribution >= 4 is 37.2 Å². The van der Waals surface area contributed by atoms with Gasteiger partial charge in [0, 0.05) is 35.5 Å². The average Bonchev–Trinajstić information content (AvgIpc) is 3.06. The van der Waals surface area contributed by atoms with Crippen LogP contribution in [0.2, 0.25) is 0 Å². The number of hydrogen-bond donors (Lipinski definition) is 3. The maximum absolute atomic E-state index is 11.4. The van der Waals surface area contributed by atoms with Crippen molar-refractivity contribution in [2.24, 2.45) is 10.4 Å². The van der Waals surface area contributed by atoms with Crippen LogP contribution in [-0.4, -0.2) is 51.1 Å². The van der Waals surface area contributed by atoms with Gasteiger partial charge in [-0.1, -0.05) is 32.0 Å². The number of rotatable bonds is 9. The van der Waals surface area contributed by atoms with Gasteiger partial charge in [0.25, 0.3) is 0 Å². The minimum Gasteiger partial charge on any atom is -0.386 e. The molecule has 0 amide bonds. The third kappa shape index (κ3) is 7.41. The van der Waals surface area contributed by atoms with Gasteiger partial charge in [-0.2, -0.15) is 0 Å². The number of sulfone groups is 1. The molecule has 3 N–H and O–H groups in total. The highest BCUT2D eigenvalue weighted by atomic mass is 32.2. The van der Waals surface area contributed by atoms with Gasteiger partial charge in [0.15, 0.2) is 5.96 Å². The Balaban J connectivity index is 1.96. The Morgan fingerprint density at radius 2 is 2.00 bits per heavy atom. The summed E-state index contributed by atoms with van der Waals surface area (Å²) in [5.41, 5.74) is -0.227. The van der Waals surface area contributed by atoms with Gasteiger partial charge in [-0.05, 0) is 36.3 Å². The van der Waals surface area contributed by atoms with Crippen molar-refractivity contribution in [2.45, 2.75) is 33.3 Å². The van der Waals surface area contributed by atoms with Crippen molar-refractivity contribution in [1.82, 2.24) is 10.6 Å². The molecule has 1 unspecified atom stereocenters. The zero-order chi connectivity index (χ0) is 20.8. The Morgan fingerprint density at radius 1 is 1.29 bits per heavy atom. The molecule has 1 aromatic carbocycles. The van der Waals surface area contributed by atoms with E-state index in [1.807, 2.05) is 51.1 Å². The first kappa shape index (κ1) is 22.6. The molecule has 1 heterocycles. The fraction of sp³-hybridized carbons (Fsp3) is 0.550. The summed E-state index contributed by atoms with van der Waals surface area (Å²) in [5, 5.41) is 18.0. The second-order valence-electron chi connectivity index (χ2n) is 7.82. The van der Waals surface area contributed by atoms with E-state index in [1.165, 1.54) is 6.26 Å². The summed E-state index contributed by atoms with van der Waals surface area (Å²) in [6.45, 7) is 7.55. The van der Waals surface area contributed by atoms with Crippen molar-refractivity contribution < 1.29 is 13.5 Å². The predicted molar refractivity (Wildman–Crippen MR) is 119 cm³/mol. The predicted octanol–water partition coefficient (Wildman–Crippen LogP) is 2.95. The summed E-state index contributed by atoms with van der Waals surface area (Å²) in [7, 11) is -2.98. The van der Waals surface area contributed by atoms with Crippen molar-refractivity contribution in [2.75, 3.05) is 31.6 Å². The minimum absolute atomic E-state index is 0.157. The molecule has 2 aromatic rings. The van der Waals surface area contributed by atoms with Crippen LogP contribution < -0.4 is 10.6 Å². The van der Waals surface area contributed by atoms with Gasteiger partial charge < -0.3 is 15.7 Å². The normalized spacial score (nSPS) is 14.2. The highest BCUT2D eigenvalue weighted by Gasteiger charge is 2.20. The van der Waals surface area contributed by atoms with Crippen molar-refractivity contribution in [3.05, 3.63) is 35.2 Å². The van der Waals surface area contributed by atoms with Crippen LogP contribution in [0.4, 0.5) is 0 Å². The van der Waals surface area contributed by atoms with Gasteiger partial charge in [0.1, 0.15) is 15.9 Å². The molecule has 156 valence electrons. The second kappa shape index (κ2) is 9.71. The van der Waals surface area contributed by atoms with Gasteiger partial charge in [0.2, 0.25) is 0 Å². The quantitative estimate of drug-likeness (QED) is 0.424. The molecule has 0 aliphatic heterocycles. The number of guanidine groups is 1. The van der Waals surface area contributed by atoms with E-state index < -0.39 is 15.9 Å². The zero-order valence-corrected chi connectivity index (χ0v) is 18.7. The largest absolute Gasteiger partial charge is 0.386 e. The Kier molecular flexibility index (Phi) is 7.86. The monoisotopic (exact) mass is 425 g/mol. The van der Waals surface area contributed by atoms with Crippen LogP contribution in [0.1, 0.15) is 38.2 Å². The van der Waals surface area contributed by atoms with Gasteiger partial charge >= 0.3 is 0 Å². The smallest absolute Gasteiger partial charge is 0.191 e. The third-order valence-electron chi connectivity index (χ3n) is 4.39. The number of nitrogens with zero attached hydrogens (tertiary/aromatic N) is 1. The number of fused-ring (bicyclic) bond motifs is 1. The maximum atomic E-state index is 11.4. The van der Waals surface area contributed by atoms with Crippen LogP contribution in [0.5, 0.6) is 0 Å². The summed E-state index contributed by atoms with van der Waals surface area (Å²) >= 11 is 1.59. The topological polar surface area (TPSA) is 90.8 Å². The molecule has 1 aromatic heterocycles. The van der Waals surface area contributed by atoms with E-state index in [-0.39, 0.29) is 11.2 Å². The maximum Gasteiger partial charge on any atom is 0.191 e. The summed E-state index contributed by atoms with van der Waals surface area (Å²) < 4.78 is 24.0. The van der Waals surface area contributed by atoms with E-state index in [9.17, 15) is 13.5 Å². The van der Waals surface area contributed by atoms with Crippen molar-refractivity contribution in [3.8, 4) is 0 Å². The summed E-state index contributed by atoms with van der Waals surface area (Å²) in [6.07, 6.45) is 1.19. The highest BCUT2D eigenvalue weighted by Crippen LogP contribution is 2.29. The summed E-state index contributed by atoms with van der Waals surface area (Å²) in [4.78, 5) is 5.50. The molecule has 0 saturated carbocycles. The molecule has 6 nitrogen and oxygen atoms in total. The molecule has 0 fully saturated rings. The molecule has 0 spiro atoms. The number of aliphatic imine (C=N–C) groups is 1. The lowest BCUT2D eigenvalue weighted by atomic mass is 9.90. The highest BCUT2D eigenvalue weighted by molar-refractivity contribution is 7.90. The van der Waals surface area contributed by atoms with Crippen LogP contribution >= 0.6 is 11.3 Å². The Labute approximate surface area is 172 Å². The SMILES string of the molecule is CCNC(=NCC(C)(C)CCS(C)(=O)=O)NCC(O)c1cc2ccccc2s1. The minimum atomic E-state index is -2.98. The van der Waals surface area contributed by atoms with Crippen LogP contribution in [0.15, 0.2) is 35.3 Å². The van der Waals surface area contributed by atoms with E-state index in [2.05, 4.69) is 15.6 Å². The number of hydrogen-bond acceptors (Lipinski definition) is 5. The Morgan fingerprint density at radius 3 is 2.64 bits per heavy atom. The van der Waals surface area contributed by atoms with E-state index in [1.54, 1.807) is 11.3 Å².